The van der Waals surface area contributed by atoms with E-state index in [0.29, 0.717) is 0 Å². The Labute approximate surface area is 168 Å². The summed E-state index contributed by atoms with van der Waals surface area (Å²) in [4.78, 5) is 8.33. The minimum absolute atomic E-state index is 0.900. The summed E-state index contributed by atoms with van der Waals surface area (Å²) in [5.74, 6) is 0. The second-order valence-electron chi connectivity index (χ2n) is 6.83. The molecule has 0 unspecified atom stereocenters. The van der Waals surface area contributed by atoms with E-state index in [9.17, 15) is 0 Å². The molecule has 0 aliphatic carbocycles. The van der Waals surface area contributed by atoms with Crippen LogP contribution in [0.4, 0.5) is 0 Å². The van der Waals surface area contributed by atoms with Crippen LogP contribution in [-0.2, 0) is 0 Å². The molecule has 3 aromatic rings. The van der Waals surface area contributed by atoms with Crippen LogP contribution in [0.25, 0.3) is 22.8 Å². The Hall–Kier alpha value is -2.65. The highest BCUT2D eigenvalue weighted by molar-refractivity contribution is 9.18. The summed E-state index contributed by atoms with van der Waals surface area (Å²) >= 11 is 3.61. The maximum Gasteiger partial charge on any atom is 0.110 e. The third kappa shape index (κ3) is 3.24. The number of allylic oxidation sites excluding steroid dienone is 2. The molecule has 4 rings (SSSR count). The third-order valence-electron chi connectivity index (χ3n) is 5.04. The molecular weight excluding hydrogens is 396 g/mol. The average molecular weight is 417 g/mol. The van der Waals surface area contributed by atoms with E-state index < -0.39 is 0 Å². The van der Waals surface area contributed by atoms with Gasteiger partial charge in [0.25, 0.3) is 0 Å². The number of rotatable bonds is 3. The Morgan fingerprint density at radius 3 is 2.07 bits per heavy atom. The smallest absolute Gasteiger partial charge is 0.110 e. The van der Waals surface area contributed by atoms with E-state index in [0.717, 1.165) is 21.6 Å². The van der Waals surface area contributed by atoms with Crippen LogP contribution in [-0.4, -0.2) is 9.60 Å². The first-order valence-corrected chi connectivity index (χ1v) is 9.83. The first kappa shape index (κ1) is 17.7. The van der Waals surface area contributed by atoms with Gasteiger partial charge in [-0.3, -0.25) is 0 Å². The molecule has 0 bridgehead atoms. The Kier molecular flexibility index (Phi) is 4.71. The molecule has 1 aliphatic rings. The number of hydrogen-bond donors (Lipinski definition) is 1. The standard InChI is InChI=1S/C24H21BrN2/c1-15-20(26-17(3)22(15)18-10-6-4-7-11-18)14-21-23(16(2)24(25)27-21)19-12-8-5-9-13-19/h4-14,26H,1-3H3/b21-14-. The molecule has 134 valence electrons. The minimum atomic E-state index is 0.900. The lowest BCUT2D eigenvalue weighted by molar-refractivity contribution is 1.24. The number of benzene rings is 2. The van der Waals surface area contributed by atoms with Crippen LogP contribution in [0.2, 0.25) is 0 Å². The molecule has 1 aliphatic heterocycles. The molecule has 3 heteroatoms. The van der Waals surface area contributed by atoms with Crippen LogP contribution in [0.3, 0.4) is 0 Å². The maximum atomic E-state index is 4.78. The van der Waals surface area contributed by atoms with E-state index in [1.165, 1.54) is 33.5 Å². The molecule has 0 amide bonds. The monoisotopic (exact) mass is 416 g/mol. The van der Waals surface area contributed by atoms with Gasteiger partial charge in [-0.25, -0.2) is 4.99 Å². The zero-order valence-electron chi connectivity index (χ0n) is 15.7. The number of nitrogens with zero attached hydrogens (tertiary/aromatic N) is 1. The van der Waals surface area contributed by atoms with Crippen molar-refractivity contribution in [3.63, 3.8) is 0 Å². The van der Waals surface area contributed by atoms with Gasteiger partial charge in [0.2, 0.25) is 0 Å². The fourth-order valence-corrected chi connectivity index (χ4v) is 4.10. The fraction of sp³-hybridized carbons (Fsp3) is 0.125. The molecule has 2 aromatic carbocycles. The van der Waals surface area contributed by atoms with E-state index in [2.05, 4.69) is 96.3 Å². The highest BCUT2D eigenvalue weighted by Crippen LogP contribution is 2.38. The molecule has 27 heavy (non-hydrogen) atoms. The Morgan fingerprint density at radius 1 is 0.852 bits per heavy atom. The zero-order chi connectivity index (χ0) is 19.0. The number of aliphatic imine (C=N–C) groups is 1. The Morgan fingerprint density at radius 2 is 1.44 bits per heavy atom. The molecule has 0 radical (unpaired) electrons. The lowest BCUT2D eigenvalue weighted by Gasteiger charge is -2.06. The summed E-state index contributed by atoms with van der Waals surface area (Å²) in [6.45, 7) is 6.41. The zero-order valence-corrected chi connectivity index (χ0v) is 17.3. The van der Waals surface area contributed by atoms with Crippen molar-refractivity contribution in [2.75, 3.05) is 0 Å². The summed E-state index contributed by atoms with van der Waals surface area (Å²) in [6, 6.07) is 21.0. The molecule has 0 saturated carbocycles. The Balaban J connectivity index is 1.83. The minimum Gasteiger partial charge on any atom is -0.358 e. The quantitative estimate of drug-likeness (QED) is 0.479. The lowest BCUT2D eigenvalue weighted by Crippen LogP contribution is -1.89. The van der Waals surface area contributed by atoms with Gasteiger partial charge in [0.05, 0.1) is 5.70 Å². The van der Waals surface area contributed by atoms with Gasteiger partial charge < -0.3 is 4.98 Å². The van der Waals surface area contributed by atoms with Crippen LogP contribution in [0.5, 0.6) is 0 Å². The molecular formula is C24H21BrN2. The SMILES string of the molecule is CC1=C(c2ccccc2)/C(=C/c2[nH]c(C)c(-c3ccccc3)c2C)N=C1Br. The third-order valence-corrected chi connectivity index (χ3v) is 5.81. The summed E-state index contributed by atoms with van der Waals surface area (Å²) in [5.41, 5.74) is 10.5. The highest BCUT2D eigenvalue weighted by Gasteiger charge is 2.21. The fourth-order valence-electron chi connectivity index (χ4n) is 3.71. The molecule has 1 aromatic heterocycles. The largest absolute Gasteiger partial charge is 0.358 e. The van der Waals surface area contributed by atoms with Gasteiger partial charge in [-0.1, -0.05) is 60.7 Å². The molecule has 0 fully saturated rings. The van der Waals surface area contributed by atoms with Crippen LogP contribution >= 0.6 is 15.9 Å². The van der Waals surface area contributed by atoms with Crippen LogP contribution < -0.4 is 0 Å². The first-order valence-electron chi connectivity index (χ1n) is 9.03. The lowest BCUT2D eigenvalue weighted by atomic mass is 9.98. The highest BCUT2D eigenvalue weighted by atomic mass is 79.9. The molecule has 0 spiro atoms. The van der Waals surface area contributed by atoms with Crippen LogP contribution in [0.1, 0.15) is 29.4 Å². The second kappa shape index (κ2) is 7.16. The molecule has 0 saturated heterocycles. The van der Waals surface area contributed by atoms with Gasteiger partial charge >= 0.3 is 0 Å². The van der Waals surface area contributed by atoms with Gasteiger partial charge in [0, 0.05) is 22.5 Å². The number of hydrogen-bond acceptors (Lipinski definition) is 1. The molecule has 2 nitrogen and oxygen atoms in total. The van der Waals surface area contributed by atoms with Crippen molar-refractivity contribution >= 4 is 32.2 Å². The van der Waals surface area contributed by atoms with Crippen LogP contribution in [0.15, 0.2) is 76.9 Å². The normalized spacial score (nSPS) is 15.6. The van der Waals surface area contributed by atoms with Crippen molar-refractivity contribution in [2.45, 2.75) is 20.8 Å². The number of aromatic nitrogens is 1. The first-order chi connectivity index (χ1) is 13.1. The van der Waals surface area contributed by atoms with Crippen molar-refractivity contribution in [1.82, 2.24) is 4.98 Å². The van der Waals surface area contributed by atoms with Crippen LogP contribution in [0, 0.1) is 13.8 Å². The Bertz CT molecular complexity index is 1080. The topological polar surface area (TPSA) is 28.1 Å². The van der Waals surface area contributed by atoms with Crippen molar-refractivity contribution in [1.29, 1.82) is 0 Å². The predicted molar refractivity (Wildman–Crippen MR) is 119 cm³/mol. The van der Waals surface area contributed by atoms with Gasteiger partial charge in [-0.05, 0) is 65.0 Å². The van der Waals surface area contributed by atoms with Crippen molar-refractivity contribution in [2.24, 2.45) is 4.99 Å². The van der Waals surface area contributed by atoms with E-state index in [4.69, 9.17) is 4.99 Å². The van der Waals surface area contributed by atoms with E-state index in [-0.39, 0.29) is 0 Å². The summed E-state index contributed by atoms with van der Waals surface area (Å²) in [6.07, 6.45) is 2.16. The van der Waals surface area contributed by atoms with E-state index >= 15 is 0 Å². The van der Waals surface area contributed by atoms with Gasteiger partial charge in [-0.2, -0.15) is 0 Å². The summed E-state index contributed by atoms with van der Waals surface area (Å²) in [7, 11) is 0. The molecule has 1 N–H and O–H groups in total. The second-order valence-corrected chi connectivity index (χ2v) is 7.58. The number of nitrogens with one attached hydrogen (secondary N) is 1. The van der Waals surface area contributed by atoms with Gasteiger partial charge in [0.1, 0.15) is 4.62 Å². The summed E-state index contributed by atoms with van der Waals surface area (Å²) < 4.78 is 0.900. The molecule has 2 heterocycles. The number of H-pyrrole nitrogens is 1. The van der Waals surface area contributed by atoms with Crippen molar-refractivity contribution in [3.8, 4) is 11.1 Å². The maximum absolute atomic E-state index is 4.78. The number of aryl methyl sites for hydroxylation is 1. The van der Waals surface area contributed by atoms with E-state index in [1.54, 1.807) is 0 Å². The van der Waals surface area contributed by atoms with Gasteiger partial charge in [0.15, 0.2) is 0 Å². The summed E-state index contributed by atoms with van der Waals surface area (Å²) in [5, 5.41) is 0. The van der Waals surface area contributed by atoms with E-state index in [1.807, 2.05) is 12.1 Å². The number of aromatic amines is 1. The average Bonchev–Trinajstić information content (AvgIpc) is 3.12. The van der Waals surface area contributed by atoms with Crippen molar-refractivity contribution in [3.05, 3.63) is 94.4 Å². The van der Waals surface area contributed by atoms with Gasteiger partial charge in [-0.15, -0.1) is 0 Å². The van der Waals surface area contributed by atoms with Crippen molar-refractivity contribution < 1.29 is 0 Å². The number of halogens is 1. The predicted octanol–water partition coefficient (Wildman–Crippen LogP) is 6.92. The molecule has 0 atom stereocenters.